The fourth-order valence-corrected chi connectivity index (χ4v) is 3.08. The third kappa shape index (κ3) is 2.96. The second kappa shape index (κ2) is 5.58. The molecule has 6 heteroatoms. The monoisotopic (exact) mass is 291 g/mol. The summed E-state index contributed by atoms with van der Waals surface area (Å²) < 4.78 is 0. The van der Waals surface area contributed by atoms with E-state index in [1.807, 2.05) is 33.8 Å². The highest BCUT2D eigenvalue weighted by atomic mass is 32.1. The van der Waals surface area contributed by atoms with E-state index in [9.17, 15) is 10.1 Å². The minimum Gasteiger partial charge on any atom is -0.371 e. The molecule has 1 N–H and O–H groups in total. The highest BCUT2D eigenvalue weighted by molar-refractivity contribution is 7.11. The lowest BCUT2D eigenvalue weighted by Crippen LogP contribution is -2.10. The standard InChI is InChI=1S/C14H17N3O2S/c1-8-5-6-12(13(7-8)17(18)19)15-9(2)14-10(3)20-11(4)16-14/h5-7,9,15H,1-4H3. The van der Waals surface area contributed by atoms with Gasteiger partial charge in [0.05, 0.1) is 21.7 Å². The van der Waals surface area contributed by atoms with Gasteiger partial charge in [0.1, 0.15) is 5.69 Å². The van der Waals surface area contributed by atoms with Crippen LogP contribution in [0.15, 0.2) is 18.2 Å². The van der Waals surface area contributed by atoms with Gasteiger partial charge in [0.25, 0.3) is 5.69 Å². The lowest BCUT2D eigenvalue weighted by atomic mass is 10.1. The number of hydrogen-bond donors (Lipinski definition) is 1. The molecule has 106 valence electrons. The summed E-state index contributed by atoms with van der Waals surface area (Å²) in [5, 5.41) is 15.3. The predicted octanol–water partition coefficient (Wildman–Crippen LogP) is 4.15. The number of nitrogens with one attached hydrogen (secondary N) is 1. The average Bonchev–Trinajstić information content (AvgIpc) is 2.70. The van der Waals surface area contributed by atoms with Crippen LogP contribution in [0.25, 0.3) is 0 Å². The number of hydrogen-bond acceptors (Lipinski definition) is 5. The molecule has 0 aliphatic heterocycles. The molecule has 0 fully saturated rings. The lowest BCUT2D eigenvalue weighted by Gasteiger charge is -2.14. The summed E-state index contributed by atoms with van der Waals surface area (Å²) in [4.78, 5) is 16.4. The minimum atomic E-state index is -0.360. The van der Waals surface area contributed by atoms with E-state index in [-0.39, 0.29) is 16.7 Å². The SMILES string of the molecule is Cc1ccc(NC(C)c2nc(C)sc2C)c([N+](=O)[O-])c1. The Balaban J connectivity index is 2.30. The highest BCUT2D eigenvalue weighted by Crippen LogP contribution is 2.30. The maximum Gasteiger partial charge on any atom is 0.292 e. The number of nitrogens with zero attached hydrogens (tertiary/aromatic N) is 2. The Morgan fingerprint density at radius 1 is 1.35 bits per heavy atom. The molecule has 5 nitrogen and oxygen atoms in total. The second-order valence-electron chi connectivity index (χ2n) is 4.82. The smallest absolute Gasteiger partial charge is 0.292 e. The number of rotatable bonds is 4. The number of nitro benzene ring substituents is 1. The van der Waals surface area contributed by atoms with Crippen molar-refractivity contribution in [3.63, 3.8) is 0 Å². The Bertz CT molecular complexity index is 652. The van der Waals surface area contributed by atoms with Crippen LogP contribution >= 0.6 is 11.3 Å². The molecule has 2 aromatic rings. The number of aryl methyl sites for hydroxylation is 3. The van der Waals surface area contributed by atoms with Crippen LogP contribution in [-0.4, -0.2) is 9.91 Å². The fourth-order valence-electron chi connectivity index (χ4n) is 2.16. The molecule has 0 saturated carbocycles. The molecule has 0 bridgehead atoms. The molecule has 0 aliphatic rings. The Kier molecular flexibility index (Phi) is 4.04. The Labute approximate surface area is 121 Å². The maximum absolute atomic E-state index is 11.1. The van der Waals surface area contributed by atoms with Crippen LogP contribution in [0.5, 0.6) is 0 Å². The summed E-state index contributed by atoms with van der Waals surface area (Å²) in [7, 11) is 0. The molecular formula is C14H17N3O2S. The first-order chi connectivity index (χ1) is 9.38. The van der Waals surface area contributed by atoms with Gasteiger partial charge in [-0.05, 0) is 39.3 Å². The predicted molar refractivity (Wildman–Crippen MR) is 81.5 cm³/mol. The molecule has 0 amide bonds. The molecule has 0 radical (unpaired) electrons. The van der Waals surface area contributed by atoms with Crippen molar-refractivity contribution in [2.75, 3.05) is 5.32 Å². The molecule has 1 aromatic carbocycles. The van der Waals surface area contributed by atoms with Gasteiger partial charge in [-0.3, -0.25) is 10.1 Å². The van der Waals surface area contributed by atoms with Gasteiger partial charge in [-0.2, -0.15) is 0 Å². The lowest BCUT2D eigenvalue weighted by molar-refractivity contribution is -0.384. The molecule has 1 aromatic heterocycles. The van der Waals surface area contributed by atoms with Crippen LogP contribution in [0.3, 0.4) is 0 Å². The van der Waals surface area contributed by atoms with Crippen molar-refractivity contribution >= 4 is 22.7 Å². The molecule has 1 unspecified atom stereocenters. The largest absolute Gasteiger partial charge is 0.371 e. The molecule has 0 saturated heterocycles. The molecule has 0 spiro atoms. The van der Waals surface area contributed by atoms with Crippen LogP contribution in [0, 0.1) is 30.9 Å². The van der Waals surface area contributed by atoms with Crippen molar-refractivity contribution in [2.24, 2.45) is 0 Å². The van der Waals surface area contributed by atoms with Crippen molar-refractivity contribution in [3.8, 4) is 0 Å². The molecule has 0 aliphatic carbocycles. The second-order valence-corrected chi connectivity index (χ2v) is 6.23. The number of thiazole rings is 1. The van der Waals surface area contributed by atoms with Gasteiger partial charge < -0.3 is 5.32 Å². The van der Waals surface area contributed by atoms with E-state index >= 15 is 0 Å². The zero-order valence-electron chi connectivity index (χ0n) is 11.9. The molecule has 2 rings (SSSR count). The summed E-state index contributed by atoms with van der Waals surface area (Å²) >= 11 is 1.64. The van der Waals surface area contributed by atoms with Crippen molar-refractivity contribution in [3.05, 3.63) is 49.5 Å². The van der Waals surface area contributed by atoms with Gasteiger partial charge >= 0.3 is 0 Å². The van der Waals surface area contributed by atoms with Crippen molar-refractivity contribution < 1.29 is 4.92 Å². The first-order valence-electron chi connectivity index (χ1n) is 6.34. The van der Waals surface area contributed by atoms with Crippen LogP contribution in [0.4, 0.5) is 11.4 Å². The van der Waals surface area contributed by atoms with Crippen LogP contribution in [0.1, 0.15) is 34.1 Å². The average molecular weight is 291 g/mol. The highest BCUT2D eigenvalue weighted by Gasteiger charge is 2.18. The molecule has 20 heavy (non-hydrogen) atoms. The van der Waals surface area contributed by atoms with E-state index in [1.54, 1.807) is 23.5 Å². The van der Waals surface area contributed by atoms with E-state index in [1.165, 1.54) is 0 Å². The number of benzene rings is 1. The van der Waals surface area contributed by atoms with Gasteiger partial charge in [0.2, 0.25) is 0 Å². The van der Waals surface area contributed by atoms with Crippen LogP contribution in [0.2, 0.25) is 0 Å². The van der Waals surface area contributed by atoms with Gasteiger partial charge in [-0.15, -0.1) is 11.3 Å². The maximum atomic E-state index is 11.1. The number of nitro groups is 1. The summed E-state index contributed by atoms with van der Waals surface area (Å²) in [6.07, 6.45) is 0. The summed E-state index contributed by atoms with van der Waals surface area (Å²) in [6, 6.07) is 5.12. The minimum absolute atomic E-state index is 0.0682. The summed E-state index contributed by atoms with van der Waals surface area (Å²) in [6.45, 7) is 7.78. The Hall–Kier alpha value is -1.95. The quantitative estimate of drug-likeness (QED) is 0.678. The van der Waals surface area contributed by atoms with E-state index in [0.29, 0.717) is 5.69 Å². The zero-order chi connectivity index (χ0) is 14.9. The molecular weight excluding hydrogens is 274 g/mol. The van der Waals surface area contributed by atoms with E-state index in [0.717, 1.165) is 21.1 Å². The summed E-state index contributed by atoms with van der Waals surface area (Å²) in [5.74, 6) is 0. The van der Waals surface area contributed by atoms with Gasteiger partial charge in [-0.25, -0.2) is 4.98 Å². The number of aromatic nitrogens is 1. The first-order valence-corrected chi connectivity index (χ1v) is 7.15. The van der Waals surface area contributed by atoms with Gasteiger partial charge in [0.15, 0.2) is 0 Å². The molecule has 1 atom stereocenters. The van der Waals surface area contributed by atoms with Gasteiger partial charge in [0, 0.05) is 10.9 Å². The van der Waals surface area contributed by atoms with Crippen LogP contribution < -0.4 is 5.32 Å². The third-order valence-corrected chi connectivity index (χ3v) is 3.97. The number of anilines is 1. The van der Waals surface area contributed by atoms with E-state index < -0.39 is 0 Å². The molecule has 1 heterocycles. The van der Waals surface area contributed by atoms with E-state index in [4.69, 9.17) is 0 Å². The zero-order valence-corrected chi connectivity index (χ0v) is 12.7. The van der Waals surface area contributed by atoms with Crippen molar-refractivity contribution in [2.45, 2.75) is 33.7 Å². The normalized spacial score (nSPS) is 12.2. The van der Waals surface area contributed by atoms with Crippen molar-refractivity contribution in [1.29, 1.82) is 0 Å². The fraction of sp³-hybridized carbons (Fsp3) is 0.357. The van der Waals surface area contributed by atoms with Crippen LogP contribution in [-0.2, 0) is 0 Å². The van der Waals surface area contributed by atoms with E-state index in [2.05, 4.69) is 10.3 Å². The Morgan fingerprint density at radius 2 is 2.05 bits per heavy atom. The van der Waals surface area contributed by atoms with Gasteiger partial charge in [-0.1, -0.05) is 6.07 Å². The third-order valence-electron chi connectivity index (χ3n) is 3.07. The summed E-state index contributed by atoms with van der Waals surface area (Å²) in [5.41, 5.74) is 2.44. The topological polar surface area (TPSA) is 68.1 Å². The van der Waals surface area contributed by atoms with Crippen molar-refractivity contribution in [1.82, 2.24) is 4.98 Å². The Morgan fingerprint density at radius 3 is 2.60 bits per heavy atom. The first kappa shape index (κ1) is 14.5.